The predicted molar refractivity (Wildman–Crippen MR) is 97.8 cm³/mol. The number of nitrogen functional groups attached to an aromatic ring is 1. The zero-order valence-corrected chi connectivity index (χ0v) is 16.1. The molecule has 4 rings (SSSR count). The van der Waals surface area contributed by atoms with Crippen LogP contribution in [0.3, 0.4) is 0 Å². The highest BCUT2D eigenvalue weighted by atomic mass is 31.2. The molecule has 3 atom stereocenters. The number of alkyl halides is 2. The molecule has 0 saturated carbocycles. The number of hydrogen-bond acceptors (Lipinski definition) is 7. The SMILES string of the molecule is FCF.Nc1nc(=O)n(C2CCC(COP3OCc4ccccc4O3)O2)cc1F. The van der Waals surface area contributed by atoms with Gasteiger partial charge in [-0.1, -0.05) is 18.2 Å². The number of anilines is 1. The molecule has 2 N–H and O–H groups in total. The van der Waals surface area contributed by atoms with Crippen LogP contribution in [0, 0.1) is 5.82 Å². The summed E-state index contributed by atoms with van der Waals surface area (Å²) >= 11 is 0. The van der Waals surface area contributed by atoms with Gasteiger partial charge >= 0.3 is 14.3 Å². The molecule has 1 fully saturated rings. The van der Waals surface area contributed by atoms with Crippen LogP contribution in [-0.4, -0.2) is 29.2 Å². The Hall–Kier alpha value is -2.20. The largest absolute Gasteiger partial charge is 0.426 e. The average Bonchev–Trinajstić information content (AvgIpc) is 3.18. The second-order valence-corrected chi connectivity index (χ2v) is 7.19. The maximum atomic E-state index is 13.6. The fourth-order valence-electron chi connectivity index (χ4n) is 2.83. The third-order valence-corrected chi connectivity index (χ3v) is 5.21. The van der Waals surface area contributed by atoms with E-state index in [0.29, 0.717) is 19.4 Å². The van der Waals surface area contributed by atoms with Gasteiger partial charge in [0.1, 0.15) is 12.0 Å². The van der Waals surface area contributed by atoms with Crippen LogP contribution in [0.15, 0.2) is 35.3 Å². The Kier molecular flexibility index (Phi) is 7.43. The van der Waals surface area contributed by atoms with E-state index < -0.39 is 39.1 Å². The fraction of sp³-hybridized carbons (Fsp3) is 0.412. The number of halogens is 3. The van der Waals surface area contributed by atoms with Gasteiger partial charge in [-0.2, -0.15) is 4.98 Å². The first kappa shape index (κ1) is 21.5. The number of ether oxygens (including phenoxy) is 1. The number of fused-ring (bicyclic) bond motifs is 1. The van der Waals surface area contributed by atoms with Crippen LogP contribution in [0.1, 0.15) is 24.6 Å². The number of rotatable bonds is 4. The molecule has 1 saturated heterocycles. The molecule has 1 aromatic heterocycles. The molecule has 29 heavy (non-hydrogen) atoms. The highest BCUT2D eigenvalue weighted by Crippen LogP contribution is 2.47. The van der Waals surface area contributed by atoms with Crippen molar-refractivity contribution in [3.63, 3.8) is 0 Å². The Morgan fingerprint density at radius 2 is 2.07 bits per heavy atom. The molecular weight excluding hydrogens is 414 g/mol. The van der Waals surface area contributed by atoms with E-state index >= 15 is 0 Å². The van der Waals surface area contributed by atoms with Gasteiger partial charge in [0.15, 0.2) is 11.6 Å². The van der Waals surface area contributed by atoms with E-state index in [-0.39, 0.29) is 12.7 Å². The van der Waals surface area contributed by atoms with E-state index in [1.165, 1.54) is 0 Å². The molecule has 2 aliphatic rings. The summed E-state index contributed by atoms with van der Waals surface area (Å²) in [7, 11) is -1.50. The molecule has 2 aliphatic heterocycles. The first-order valence-electron chi connectivity index (χ1n) is 8.65. The summed E-state index contributed by atoms with van der Waals surface area (Å²) in [6.45, 7) is -1.06. The number of para-hydroxylation sites is 1. The van der Waals surface area contributed by atoms with Crippen LogP contribution in [-0.2, 0) is 20.4 Å². The van der Waals surface area contributed by atoms with Crippen LogP contribution < -0.4 is 15.9 Å². The van der Waals surface area contributed by atoms with E-state index in [2.05, 4.69) is 4.98 Å². The van der Waals surface area contributed by atoms with Crippen LogP contribution >= 0.6 is 8.60 Å². The van der Waals surface area contributed by atoms with Gasteiger partial charge in [-0.15, -0.1) is 0 Å². The second kappa shape index (κ2) is 10.0. The lowest BCUT2D eigenvalue weighted by Gasteiger charge is -2.24. The van der Waals surface area contributed by atoms with E-state index in [9.17, 15) is 18.0 Å². The summed E-state index contributed by atoms with van der Waals surface area (Å²) in [5, 5.41) is 0. The second-order valence-electron chi connectivity index (χ2n) is 6.05. The van der Waals surface area contributed by atoms with Crippen molar-refractivity contribution < 1.29 is 31.5 Å². The normalized spacial score (nSPS) is 22.9. The van der Waals surface area contributed by atoms with Crippen molar-refractivity contribution in [2.24, 2.45) is 0 Å². The third-order valence-electron chi connectivity index (χ3n) is 4.17. The van der Waals surface area contributed by atoms with Crippen molar-refractivity contribution in [2.45, 2.75) is 31.8 Å². The summed E-state index contributed by atoms with van der Waals surface area (Å²) in [5.74, 6) is -0.414. The first-order chi connectivity index (χ1) is 14.0. The number of benzene rings is 1. The van der Waals surface area contributed by atoms with Crippen molar-refractivity contribution in [3.05, 3.63) is 52.3 Å². The fourth-order valence-corrected chi connectivity index (χ4v) is 3.88. The molecular formula is C17H19F3N3O5P. The molecule has 12 heteroatoms. The van der Waals surface area contributed by atoms with Crippen LogP contribution in [0.25, 0.3) is 0 Å². The van der Waals surface area contributed by atoms with Gasteiger partial charge in [0.2, 0.25) is 6.93 Å². The first-order valence-corrected chi connectivity index (χ1v) is 9.74. The summed E-state index contributed by atoms with van der Waals surface area (Å²) < 4.78 is 56.6. The topological polar surface area (TPSA) is 97.8 Å². The molecule has 0 radical (unpaired) electrons. The van der Waals surface area contributed by atoms with Gasteiger partial charge < -0.3 is 15.0 Å². The molecule has 0 amide bonds. The minimum Gasteiger partial charge on any atom is -0.426 e. The van der Waals surface area contributed by atoms with Crippen molar-refractivity contribution in [2.75, 3.05) is 19.3 Å². The third kappa shape index (κ3) is 5.45. The quantitative estimate of drug-likeness (QED) is 0.739. The number of hydrogen-bond donors (Lipinski definition) is 1. The highest BCUT2D eigenvalue weighted by Gasteiger charge is 2.31. The van der Waals surface area contributed by atoms with E-state index in [1.807, 2.05) is 24.3 Å². The van der Waals surface area contributed by atoms with Gasteiger partial charge in [0.25, 0.3) is 0 Å². The summed E-state index contributed by atoms with van der Waals surface area (Å²) in [6, 6.07) is 7.61. The Morgan fingerprint density at radius 1 is 1.31 bits per heavy atom. The summed E-state index contributed by atoms with van der Waals surface area (Å²) in [4.78, 5) is 15.3. The van der Waals surface area contributed by atoms with Crippen LogP contribution in [0.4, 0.5) is 19.0 Å². The molecule has 0 bridgehead atoms. The average molecular weight is 433 g/mol. The minimum absolute atomic E-state index is 0.251. The maximum Gasteiger partial charge on any atom is 0.397 e. The van der Waals surface area contributed by atoms with Gasteiger partial charge in [-0.05, 0) is 18.9 Å². The summed E-state index contributed by atoms with van der Waals surface area (Å²) in [6.07, 6.45) is 1.37. The van der Waals surface area contributed by atoms with Crippen molar-refractivity contribution in [1.82, 2.24) is 9.55 Å². The molecule has 3 heterocycles. The smallest absolute Gasteiger partial charge is 0.397 e. The van der Waals surface area contributed by atoms with Gasteiger partial charge in [0, 0.05) is 5.56 Å². The Bertz CT molecular complexity index is 888. The standard InChI is InChI=1S/C16H17FN3O5P.CH2F2/c17-12-7-20(16(21)19-15(12)18)14-6-5-11(24-14)9-23-26-22-8-10-3-1-2-4-13(10)25-26;2-1-3/h1-4,7,11,14H,5-6,8-9H2,(H2,18,19,21);1H2. The number of nitrogens with two attached hydrogens (primary N) is 1. The van der Waals surface area contributed by atoms with Crippen molar-refractivity contribution in [3.8, 4) is 5.75 Å². The Balaban J connectivity index is 0.000000755. The summed E-state index contributed by atoms with van der Waals surface area (Å²) in [5.41, 5.74) is 5.63. The zero-order valence-electron chi connectivity index (χ0n) is 15.2. The van der Waals surface area contributed by atoms with Crippen molar-refractivity contribution >= 4 is 14.4 Å². The van der Waals surface area contributed by atoms with E-state index in [4.69, 9.17) is 24.0 Å². The highest BCUT2D eigenvalue weighted by molar-refractivity contribution is 7.42. The molecule has 0 spiro atoms. The van der Waals surface area contributed by atoms with Crippen LogP contribution in [0.5, 0.6) is 5.75 Å². The van der Waals surface area contributed by atoms with E-state index in [1.54, 1.807) is 0 Å². The number of nitrogens with zero attached hydrogens (tertiary/aromatic N) is 2. The molecule has 158 valence electrons. The molecule has 8 nitrogen and oxygen atoms in total. The lowest BCUT2D eigenvalue weighted by molar-refractivity contribution is -0.0232. The lowest BCUT2D eigenvalue weighted by atomic mass is 10.2. The van der Waals surface area contributed by atoms with E-state index in [0.717, 1.165) is 22.1 Å². The molecule has 2 aromatic rings. The Morgan fingerprint density at radius 3 is 2.86 bits per heavy atom. The monoisotopic (exact) mass is 433 g/mol. The molecule has 3 unspecified atom stereocenters. The van der Waals surface area contributed by atoms with Gasteiger partial charge in [-0.25, -0.2) is 18.0 Å². The van der Waals surface area contributed by atoms with Gasteiger partial charge in [-0.3, -0.25) is 13.6 Å². The zero-order chi connectivity index (χ0) is 20.8. The molecule has 1 aromatic carbocycles. The van der Waals surface area contributed by atoms with Crippen LogP contribution in [0.2, 0.25) is 0 Å². The van der Waals surface area contributed by atoms with Gasteiger partial charge in [0.05, 0.1) is 25.5 Å². The lowest BCUT2D eigenvalue weighted by Crippen LogP contribution is -2.29. The number of aromatic nitrogens is 2. The maximum absolute atomic E-state index is 13.6. The minimum atomic E-state index is -1.75. The van der Waals surface area contributed by atoms with Crippen molar-refractivity contribution in [1.29, 1.82) is 0 Å². The molecule has 0 aliphatic carbocycles. The Labute approximate surface area is 165 Å². The predicted octanol–water partition coefficient (Wildman–Crippen LogP) is 3.38.